The summed E-state index contributed by atoms with van der Waals surface area (Å²) in [6.45, 7) is 5.09. The van der Waals surface area contributed by atoms with Crippen molar-refractivity contribution in [3.8, 4) is 23.0 Å². The Morgan fingerprint density at radius 2 is 1.70 bits per heavy atom. The molecule has 0 saturated carbocycles. The summed E-state index contributed by atoms with van der Waals surface area (Å²) in [5.41, 5.74) is 1.01. The quantitative estimate of drug-likeness (QED) is 0.620. The van der Waals surface area contributed by atoms with Gasteiger partial charge in [-0.25, -0.2) is 0 Å². The summed E-state index contributed by atoms with van der Waals surface area (Å²) in [5.74, 6) is 2.08. The fraction of sp³-hybridized carbons (Fsp3) is 0.381. The second-order valence-corrected chi connectivity index (χ2v) is 5.82. The molecule has 0 saturated heterocycles. The zero-order valence-electron chi connectivity index (χ0n) is 16.3. The van der Waals surface area contributed by atoms with Crippen molar-refractivity contribution in [2.75, 3.05) is 32.8 Å². The van der Waals surface area contributed by atoms with Gasteiger partial charge in [0.2, 0.25) is 0 Å². The highest BCUT2D eigenvalue weighted by Gasteiger charge is 2.14. The third kappa shape index (κ3) is 5.54. The molecule has 6 heteroatoms. The van der Waals surface area contributed by atoms with Crippen LogP contribution in [0.15, 0.2) is 36.4 Å². The Morgan fingerprint density at radius 3 is 2.37 bits per heavy atom. The van der Waals surface area contributed by atoms with E-state index in [0.717, 1.165) is 12.8 Å². The topological polar surface area (TPSA) is 66.0 Å². The molecule has 1 amide bonds. The van der Waals surface area contributed by atoms with Crippen LogP contribution in [0.25, 0.3) is 0 Å². The molecule has 0 aliphatic rings. The van der Waals surface area contributed by atoms with Crippen LogP contribution in [0.5, 0.6) is 23.0 Å². The molecule has 0 atom stereocenters. The normalized spacial score (nSPS) is 10.2. The van der Waals surface area contributed by atoms with Gasteiger partial charge in [-0.15, -0.1) is 0 Å². The first kappa shape index (κ1) is 20.4. The predicted octanol–water partition coefficient (Wildman–Crippen LogP) is 4.53. The highest BCUT2D eigenvalue weighted by atomic mass is 16.5. The number of methoxy groups -OCH3 is 2. The predicted molar refractivity (Wildman–Crippen MR) is 106 cm³/mol. The summed E-state index contributed by atoms with van der Waals surface area (Å²) < 4.78 is 21.9. The summed E-state index contributed by atoms with van der Waals surface area (Å²) in [7, 11) is 3.12. The number of carbonyl (C=O) groups is 1. The summed E-state index contributed by atoms with van der Waals surface area (Å²) >= 11 is 0. The Balaban J connectivity index is 2.23. The third-order valence-electron chi connectivity index (χ3n) is 3.92. The zero-order valence-corrected chi connectivity index (χ0v) is 16.3. The number of hydrogen-bond donors (Lipinski definition) is 1. The van der Waals surface area contributed by atoms with Gasteiger partial charge in [-0.3, -0.25) is 4.79 Å². The minimum atomic E-state index is -0.273. The molecule has 0 aliphatic heterocycles. The lowest BCUT2D eigenvalue weighted by Crippen LogP contribution is -2.13. The maximum atomic E-state index is 12.7. The molecule has 6 nitrogen and oxygen atoms in total. The number of nitrogens with one attached hydrogen (secondary N) is 1. The van der Waals surface area contributed by atoms with Gasteiger partial charge < -0.3 is 24.3 Å². The zero-order chi connectivity index (χ0) is 19.6. The van der Waals surface area contributed by atoms with E-state index in [1.54, 1.807) is 50.6 Å². The summed E-state index contributed by atoms with van der Waals surface area (Å²) in [6.07, 6.45) is 1.97. The molecule has 1 N–H and O–H groups in total. The van der Waals surface area contributed by atoms with E-state index in [0.29, 0.717) is 47.5 Å². The highest BCUT2D eigenvalue weighted by molar-refractivity contribution is 6.05. The van der Waals surface area contributed by atoms with E-state index >= 15 is 0 Å². The van der Waals surface area contributed by atoms with Crippen molar-refractivity contribution in [1.82, 2.24) is 0 Å². The molecular formula is C21H27NO5. The second kappa shape index (κ2) is 10.3. The molecule has 0 unspecified atom stereocenters. The van der Waals surface area contributed by atoms with E-state index in [9.17, 15) is 4.79 Å². The van der Waals surface area contributed by atoms with Crippen LogP contribution in [0.4, 0.5) is 5.69 Å². The molecule has 0 radical (unpaired) electrons. The average Bonchev–Trinajstić information content (AvgIpc) is 2.69. The molecule has 2 aromatic carbocycles. The lowest BCUT2D eigenvalue weighted by molar-refractivity contribution is 0.102. The van der Waals surface area contributed by atoms with Gasteiger partial charge in [-0.05, 0) is 43.7 Å². The maximum absolute atomic E-state index is 12.7. The average molecular weight is 373 g/mol. The van der Waals surface area contributed by atoms with Crippen LogP contribution in [0, 0.1) is 0 Å². The van der Waals surface area contributed by atoms with Gasteiger partial charge >= 0.3 is 0 Å². The molecule has 0 fully saturated rings. The fourth-order valence-electron chi connectivity index (χ4n) is 2.46. The van der Waals surface area contributed by atoms with Crippen molar-refractivity contribution in [3.05, 3.63) is 42.0 Å². The lowest BCUT2D eigenvalue weighted by Gasteiger charge is -2.15. The summed E-state index contributed by atoms with van der Waals surface area (Å²) in [6, 6.07) is 10.4. The first-order chi connectivity index (χ1) is 13.1. The van der Waals surface area contributed by atoms with Crippen molar-refractivity contribution in [2.45, 2.75) is 26.7 Å². The number of hydrogen-bond acceptors (Lipinski definition) is 5. The number of anilines is 1. The molecule has 0 spiro atoms. The molecule has 0 heterocycles. The van der Waals surface area contributed by atoms with Gasteiger partial charge in [0.15, 0.2) is 11.5 Å². The third-order valence-corrected chi connectivity index (χ3v) is 3.92. The smallest absolute Gasteiger partial charge is 0.255 e. The Kier molecular flexibility index (Phi) is 7.79. The molecular weight excluding hydrogens is 346 g/mol. The monoisotopic (exact) mass is 373 g/mol. The Bertz CT molecular complexity index is 760. The SMILES string of the molecule is CCCCOc1ccc(OC)cc1NC(=O)c1ccc(OCC)c(OC)c1. The van der Waals surface area contributed by atoms with Gasteiger partial charge in [-0.2, -0.15) is 0 Å². The number of ether oxygens (including phenoxy) is 4. The second-order valence-electron chi connectivity index (χ2n) is 5.82. The van der Waals surface area contributed by atoms with Gasteiger partial charge in [0.05, 0.1) is 33.1 Å². The number of amides is 1. The van der Waals surface area contributed by atoms with Crippen LogP contribution in [-0.4, -0.2) is 33.3 Å². The Hall–Kier alpha value is -2.89. The number of rotatable bonds is 10. The van der Waals surface area contributed by atoms with Crippen LogP contribution >= 0.6 is 0 Å². The van der Waals surface area contributed by atoms with E-state index in [-0.39, 0.29) is 5.91 Å². The molecule has 0 bridgehead atoms. The van der Waals surface area contributed by atoms with E-state index in [2.05, 4.69) is 12.2 Å². The van der Waals surface area contributed by atoms with Crippen molar-refractivity contribution >= 4 is 11.6 Å². The van der Waals surface area contributed by atoms with Crippen molar-refractivity contribution in [2.24, 2.45) is 0 Å². The number of benzene rings is 2. The van der Waals surface area contributed by atoms with Crippen molar-refractivity contribution < 1.29 is 23.7 Å². The minimum Gasteiger partial charge on any atom is -0.497 e. The van der Waals surface area contributed by atoms with E-state index in [4.69, 9.17) is 18.9 Å². The number of carbonyl (C=O) groups excluding carboxylic acids is 1. The van der Waals surface area contributed by atoms with Crippen LogP contribution in [0.2, 0.25) is 0 Å². The first-order valence-electron chi connectivity index (χ1n) is 9.05. The van der Waals surface area contributed by atoms with Crippen LogP contribution < -0.4 is 24.3 Å². The largest absolute Gasteiger partial charge is 0.497 e. The maximum Gasteiger partial charge on any atom is 0.255 e. The minimum absolute atomic E-state index is 0.273. The van der Waals surface area contributed by atoms with E-state index in [1.807, 2.05) is 6.92 Å². The van der Waals surface area contributed by atoms with Crippen LogP contribution in [-0.2, 0) is 0 Å². The van der Waals surface area contributed by atoms with Gasteiger partial charge in [0, 0.05) is 11.6 Å². The van der Waals surface area contributed by atoms with E-state index < -0.39 is 0 Å². The summed E-state index contributed by atoms with van der Waals surface area (Å²) in [4.78, 5) is 12.7. The summed E-state index contributed by atoms with van der Waals surface area (Å²) in [5, 5.41) is 2.89. The standard InChI is InChI=1S/C21H27NO5/c1-5-7-12-27-18-11-9-16(24-3)14-17(18)22-21(23)15-8-10-19(26-6-2)20(13-15)25-4/h8-11,13-14H,5-7,12H2,1-4H3,(H,22,23). The lowest BCUT2D eigenvalue weighted by atomic mass is 10.1. The Labute approximate surface area is 160 Å². The van der Waals surface area contributed by atoms with Crippen LogP contribution in [0.1, 0.15) is 37.0 Å². The van der Waals surface area contributed by atoms with Crippen LogP contribution in [0.3, 0.4) is 0 Å². The van der Waals surface area contributed by atoms with Crippen molar-refractivity contribution in [1.29, 1.82) is 0 Å². The van der Waals surface area contributed by atoms with E-state index in [1.165, 1.54) is 0 Å². The first-order valence-corrected chi connectivity index (χ1v) is 9.05. The molecule has 146 valence electrons. The Morgan fingerprint density at radius 1 is 0.926 bits per heavy atom. The molecule has 2 rings (SSSR count). The van der Waals surface area contributed by atoms with Gasteiger partial charge in [0.1, 0.15) is 11.5 Å². The molecule has 0 aliphatic carbocycles. The molecule has 2 aromatic rings. The van der Waals surface area contributed by atoms with Gasteiger partial charge in [-0.1, -0.05) is 13.3 Å². The fourth-order valence-corrected chi connectivity index (χ4v) is 2.46. The molecule has 27 heavy (non-hydrogen) atoms. The molecule has 0 aromatic heterocycles. The highest BCUT2D eigenvalue weighted by Crippen LogP contribution is 2.31. The van der Waals surface area contributed by atoms with Crippen molar-refractivity contribution in [3.63, 3.8) is 0 Å². The number of unbranched alkanes of at least 4 members (excludes halogenated alkanes) is 1. The van der Waals surface area contributed by atoms with Gasteiger partial charge in [0.25, 0.3) is 5.91 Å².